The molecule has 0 aromatic carbocycles. The van der Waals surface area contributed by atoms with E-state index in [-0.39, 0.29) is 5.91 Å². The lowest BCUT2D eigenvalue weighted by molar-refractivity contribution is -0.128. The highest BCUT2D eigenvalue weighted by molar-refractivity contribution is 5.73. The van der Waals surface area contributed by atoms with Crippen LogP contribution in [-0.4, -0.2) is 61.6 Å². The number of carbonyl (C=O) groups is 1. The molecule has 1 amide bonds. The van der Waals surface area contributed by atoms with Crippen LogP contribution in [0.25, 0.3) is 0 Å². The van der Waals surface area contributed by atoms with Gasteiger partial charge in [-0.3, -0.25) is 9.69 Å². The second kappa shape index (κ2) is 8.27. The molecule has 0 spiro atoms. The number of amides is 1. The van der Waals surface area contributed by atoms with Crippen LogP contribution in [0.4, 0.5) is 0 Å². The lowest BCUT2D eigenvalue weighted by Crippen LogP contribution is -2.36. The molecule has 0 bridgehead atoms. The molecule has 0 saturated heterocycles. The third-order valence-corrected chi connectivity index (χ3v) is 3.36. The number of hydrogen-bond donors (Lipinski definition) is 0. The first-order chi connectivity index (χ1) is 8.67. The van der Waals surface area contributed by atoms with Crippen molar-refractivity contribution in [3.05, 3.63) is 11.6 Å². The molecule has 0 radical (unpaired) electrons. The van der Waals surface area contributed by atoms with E-state index in [0.29, 0.717) is 0 Å². The van der Waals surface area contributed by atoms with Gasteiger partial charge in [-0.05, 0) is 20.3 Å². The number of nitrogens with zero attached hydrogens (tertiary/aromatic N) is 2. The van der Waals surface area contributed by atoms with Gasteiger partial charge in [0.2, 0.25) is 5.91 Å². The van der Waals surface area contributed by atoms with Gasteiger partial charge in [0.1, 0.15) is 0 Å². The first-order valence-electron chi connectivity index (χ1n) is 6.90. The lowest BCUT2D eigenvalue weighted by Gasteiger charge is -2.28. The van der Waals surface area contributed by atoms with Gasteiger partial charge < -0.3 is 9.64 Å². The molecule has 0 aliphatic carbocycles. The summed E-state index contributed by atoms with van der Waals surface area (Å²) in [5.74, 6) is 0.164. The Bertz CT molecular complexity index is 290. The first kappa shape index (κ1) is 15.2. The molecule has 0 aromatic rings. The maximum absolute atomic E-state index is 11.4. The summed E-state index contributed by atoms with van der Waals surface area (Å²) in [4.78, 5) is 15.6. The summed E-state index contributed by atoms with van der Waals surface area (Å²) in [5.41, 5.74) is 1.39. The minimum atomic E-state index is 0.164. The average Bonchev–Trinajstić information content (AvgIpc) is 2.37. The van der Waals surface area contributed by atoms with Crippen molar-refractivity contribution in [2.24, 2.45) is 0 Å². The van der Waals surface area contributed by atoms with E-state index in [0.717, 1.165) is 52.4 Å². The van der Waals surface area contributed by atoms with Crippen molar-refractivity contribution >= 4 is 5.91 Å². The topological polar surface area (TPSA) is 32.8 Å². The van der Waals surface area contributed by atoms with Gasteiger partial charge >= 0.3 is 0 Å². The van der Waals surface area contributed by atoms with Crippen molar-refractivity contribution in [2.75, 3.05) is 45.9 Å². The highest BCUT2D eigenvalue weighted by atomic mass is 16.5. The van der Waals surface area contributed by atoms with Crippen molar-refractivity contribution in [2.45, 2.75) is 27.2 Å². The molecule has 18 heavy (non-hydrogen) atoms. The normalized spacial score (nSPS) is 16.5. The highest BCUT2D eigenvalue weighted by Crippen LogP contribution is 2.12. The van der Waals surface area contributed by atoms with Gasteiger partial charge in [0.15, 0.2) is 0 Å². The number of likely N-dealkylation sites (N-methyl/N-ethyl adjacent to an activating group) is 1. The fraction of sp³-hybridized carbons (Fsp3) is 0.786. The van der Waals surface area contributed by atoms with E-state index in [1.54, 1.807) is 6.92 Å². The molecule has 1 heterocycles. The molecule has 4 heteroatoms. The zero-order chi connectivity index (χ0) is 13.4. The average molecular weight is 254 g/mol. The van der Waals surface area contributed by atoms with Crippen LogP contribution >= 0.6 is 0 Å². The summed E-state index contributed by atoms with van der Waals surface area (Å²) in [5, 5.41) is 0. The van der Waals surface area contributed by atoms with Crippen molar-refractivity contribution in [3.63, 3.8) is 0 Å². The van der Waals surface area contributed by atoms with Crippen LogP contribution in [0.1, 0.15) is 27.2 Å². The Kier molecular flexibility index (Phi) is 6.98. The highest BCUT2D eigenvalue weighted by Gasteiger charge is 2.14. The summed E-state index contributed by atoms with van der Waals surface area (Å²) in [7, 11) is 0. The van der Waals surface area contributed by atoms with Gasteiger partial charge in [0.05, 0.1) is 6.61 Å². The third-order valence-electron chi connectivity index (χ3n) is 3.36. The van der Waals surface area contributed by atoms with Crippen LogP contribution in [0.3, 0.4) is 0 Å². The molecule has 0 unspecified atom stereocenters. The molecule has 4 nitrogen and oxygen atoms in total. The molecular weight excluding hydrogens is 228 g/mol. The molecule has 104 valence electrons. The van der Waals surface area contributed by atoms with E-state index >= 15 is 0 Å². The number of rotatable bonds is 7. The fourth-order valence-electron chi connectivity index (χ4n) is 2.13. The Morgan fingerprint density at radius 1 is 1.50 bits per heavy atom. The van der Waals surface area contributed by atoms with Crippen LogP contribution in [0.5, 0.6) is 0 Å². The maximum atomic E-state index is 11.4. The standard InChI is InChI=1S/C14H26N2O2/c1-4-16(13(3)17)12-14-6-8-15(9-7-14)10-11-18-5-2/h6H,4-5,7-12H2,1-3H3. The Labute approximate surface area is 111 Å². The molecule has 0 atom stereocenters. The summed E-state index contributed by atoms with van der Waals surface area (Å²) in [6.07, 6.45) is 3.33. The number of hydrogen-bond acceptors (Lipinski definition) is 3. The van der Waals surface area contributed by atoms with Crippen LogP contribution in [0.2, 0.25) is 0 Å². The second-order valence-electron chi connectivity index (χ2n) is 4.64. The predicted octanol–water partition coefficient (Wildman–Crippen LogP) is 1.52. The monoisotopic (exact) mass is 254 g/mol. The Morgan fingerprint density at radius 3 is 2.78 bits per heavy atom. The summed E-state index contributed by atoms with van der Waals surface area (Å²) >= 11 is 0. The third kappa shape index (κ3) is 5.19. The van der Waals surface area contributed by atoms with Gasteiger partial charge in [-0.25, -0.2) is 0 Å². The molecule has 0 fully saturated rings. The molecular formula is C14H26N2O2. The zero-order valence-corrected chi connectivity index (χ0v) is 11.9. The molecule has 1 aliphatic rings. The van der Waals surface area contributed by atoms with Gasteiger partial charge in [-0.15, -0.1) is 0 Å². The minimum Gasteiger partial charge on any atom is -0.380 e. The van der Waals surface area contributed by atoms with Crippen LogP contribution in [0.15, 0.2) is 11.6 Å². The lowest BCUT2D eigenvalue weighted by atomic mass is 10.1. The molecule has 0 N–H and O–H groups in total. The van der Waals surface area contributed by atoms with Gasteiger partial charge in [0, 0.05) is 46.3 Å². The van der Waals surface area contributed by atoms with E-state index in [1.165, 1.54) is 5.57 Å². The fourth-order valence-corrected chi connectivity index (χ4v) is 2.13. The van der Waals surface area contributed by atoms with E-state index in [4.69, 9.17) is 4.74 Å². The van der Waals surface area contributed by atoms with Crippen LogP contribution in [-0.2, 0) is 9.53 Å². The predicted molar refractivity (Wildman–Crippen MR) is 73.6 cm³/mol. The first-order valence-corrected chi connectivity index (χ1v) is 6.90. The van der Waals surface area contributed by atoms with E-state index in [2.05, 4.69) is 11.0 Å². The van der Waals surface area contributed by atoms with Crippen LogP contribution in [0, 0.1) is 0 Å². The molecule has 0 saturated carbocycles. The Hall–Kier alpha value is -0.870. The van der Waals surface area contributed by atoms with Crippen molar-refractivity contribution in [1.29, 1.82) is 0 Å². The zero-order valence-electron chi connectivity index (χ0n) is 11.9. The van der Waals surface area contributed by atoms with Crippen molar-refractivity contribution in [1.82, 2.24) is 9.80 Å². The van der Waals surface area contributed by atoms with Gasteiger partial charge in [-0.2, -0.15) is 0 Å². The molecule has 0 aromatic heterocycles. The SMILES string of the molecule is CCOCCN1CC=C(CN(CC)C(C)=O)CC1. The molecule has 1 aliphatic heterocycles. The van der Waals surface area contributed by atoms with Crippen LogP contribution < -0.4 is 0 Å². The Morgan fingerprint density at radius 2 is 2.28 bits per heavy atom. The number of ether oxygens (including phenoxy) is 1. The summed E-state index contributed by atoms with van der Waals surface area (Å²) in [6.45, 7) is 11.9. The second-order valence-corrected chi connectivity index (χ2v) is 4.64. The van der Waals surface area contributed by atoms with E-state index in [9.17, 15) is 4.79 Å². The van der Waals surface area contributed by atoms with Gasteiger partial charge in [0.25, 0.3) is 0 Å². The maximum Gasteiger partial charge on any atom is 0.219 e. The summed E-state index contributed by atoms with van der Waals surface area (Å²) < 4.78 is 5.36. The van der Waals surface area contributed by atoms with Crippen molar-refractivity contribution < 1.29 is 9.53 Å². The Balaban J connectivity index is 2.32. The summed E-state index contributed by atoms with van der Waals surface area (Å²) in [6, 6.07) is 0. The smallest absolute Gasteiger partial charge is 0.219 e. The van der Waals surface area contributed by atoms with Crippen molar-refractivity contribution in [3.8, 4) is 0 Å². The van der Waals surface area contributed by atoms with E-state index in [1.807, 2.05) is 18.7 Å². The number of carbonyl (C=O) groups excluding carboxylic acids is 1. The molecule has 1 rings (SSSR count). The largest absolute Gasteiger partial charge is 0.380 e. The quantitative estimate of drug-likeness (QED) is 0.510. The minimum absolute atomic E-state index is 0.164. The van der Waals surface area contributed by atoms with Gasteiger partial charge in [-0.1, -0.05) is 11.6 Å². The van der Waals surface area contributed by atoms with E-state index < -0.39 is 0 Å².